The Bertz CT molecular complexity index is 1770. The molecule has 0 radical (unpaired) electrons. The van der Waals surface area contributed by atoms with E-state index in [1.54, 1.807) is 0 Å². The van der Waals surface area contributed by atoms with Gasteiger partial charge in [0.05, 0.1) is 53.2 Å². The summed E-state index contributed by atoms with van der Waals surface area (Å²) in [7, 11) is -10.3. The predicted molar refractivity (Wildman–Crippen MR) is 174 cm³/mol. The number of hydrogen-bond donors (Lipinski definition) is 8. The van der Waals surface area contributed by atoms with E-state index in [1.807, 2.05) is 0 Å². The summed E-state index contributed by atoms with van der Waals surface area (Å²) >= 11 is 20.8. The van der Waals surface area contributed by atoms with Crippen LogP contribution < -0.4 is 63.4 Å². The van der Waals surface area contributed by atoms with Gasteiger partial charge in [-0.2, -0.15) is 29.6 Å². The molecule has 4 aliphatic heterocycles. The van der Waals surface area contributed by atoms with Crippen LogP contribution in [0.2, 0.25) is 0 Å². The van der Waals surface area contributed by atoms with E-state index in [-0.39, 0.29) is 98.6 Å². The number of nitrogens with zero attached hydrogens (tertiary/aromatic N) is 2. The largest absolute Gasteiger partial charge is 2.00 e. The van der Waals surface area contributed by atoms with Crippen LogP contribution in [0, 0.1) is 0 Å². The maximum atomic E-state index is 11.9. The molecule has 0 saturated carbocycles. The molecular formula is C20H20MgN10O12P2S4W-6. The van der Waals surface area contributed by atoms with Gasteiger partial charge >= 0.3 is 23.1 Å². The van der Waals surface area contributed by atoms with Gasteiger partial charge in [-0.1, -0.05) is 0 Å². The van der Waals surface area contributed by atoms with Crippen molar-refractivity contribution in [1.29, 1.82) is 0 Å². The van der Waals surface area contributed by atoms with Crippen LogP contribution in [-0.2, 0) is 99.2 Å². The number of nitrogens with one attached hydrogen (secondary N) is 6. The normalized spacial score (nSPS) is 25.1. The van der Waals surface area contributed by atoms with Crippen molar-refractivity contribution in [3.63, 3.8) is 0 Å². The Balaban J connectivity index is 0.000000260. The first-order chi connectivity index (χ1) is 22.3. The van der Waals surface area contributed by atoms with E-state index in [4.69, 9.17) is 71.5 Å². The maximum absolute atomic E-state index is 11.9. The van der Waals surface area contributed by atoms with Gasteiger partial charge in [-0.05, 0) is 0 Å². The average Bonchev–Trinajstić information content (AvgIpc) is 2.97. The minimum absolute atomic E-state index is 0. The molecule has 0 saturated heterocycles. The van der Waals surface area contributed by atoms with E-state index in [0.717, 1.165) is 0 Å². The average molecular weight is 991 g/mol. The summed E-state index contributed by atoms with van der Waals surface area (Å²) in [4.78, 5) is 79.5. The van der Waals surface area contributed by atoms with Gasteiger partial charge in [0, 0.05) is 21.1 Å². The number of hydrogen-bond acceptors (Lipinski definition) is 24. The second kappa shape index (κ2) is 16.7. The number of rotatable bonds is 6. The van der Waals surface area contributed by atoms with Crippen LogP contribution in [0.3, 0.4) is 0 Å². The van der Waals surface area contributed by atoms with Crippen LogP contribution in [0.15, 0.2) is 29.2 Å². The van der Waals surface area contributed by atoms with Crippen LogP contribution in [0.1, 0.15) is 0 Å². The maximum Gasteiger partial charge on any atom is 2.00 e. The Morgan fingerprint density at radius 1 is 0.680 bits per heavy atom. The molecule has 22 nitrogen and oxygen atoms in total. The van der Waals surface area contributed by atoms with E-state index < -0.39 is 76.7 Å². The molecule has 0 fully saturated rings. The van der Waals surface area contributed by atoms with Crippen molar-refractivity contribution < 1.29 is 68.3 Å². The molecule has 270 valence electrons. The molecule has 4 aliphatic rings. The number of aromatic nitrogens is 4. The molecule has 6 unspecified atom stereocenters. The first-order valence-corrected chi connectivity index (χ1v) is 17.5. The SMILES string of the molecule is Nc1nc2c(c(=O)[nH]1)NC1C([S-])=C([S-])C(COP(=O)([O-])[O-])OC1N2.Nc1nc2c(c(=O)[nH]1)NC1C([S-])=C([S-])C(COP(=O)([O-])[O-])OC1N2.[Mg+2].[W]. The zero-order valence-corrected chi connectivity index (χ0v) is 33.9. The van der Waals surface area contributed by atoms with E-state index in [2.05, 4.69) is 50.3 Å². The molecule has 0 aliphatic carbocycles. The van der Waals surface area contributed by atoms with Gasteiger partial charge in [0.15, 0.2) is 24.1 Å². The van der Waals surface area contributed by atoms with Gasteiger partial charge in [-0.25, -0.2) is 0 Å². The number of H-pyrrole nitrogens is 2. The second-order valence-corrected chi connectivity index (χ2v) is 14.0. The van der Waals surface area contributed by atoms with Gasteiger partial charge in [0.1, 0.15) is 11.4 Å². The third-order valence-corrected chi connectivity index (χ3v) is 9.77. The monoisotopic (exact) mass is 990 g/mol. The first kappa shape index (κ1) is 42.9. The third-order valence-electron chi connectivity index (χ3n) is 6.66. The number of nitrogen functional groups attached to an aromatic ring is 2. The Morgan fingerprint density at radius 3 is 1.34 bits per heavy atom. The first-order valence-electron chi connectivity index (χ1n) is 13.0. The summed E-state index contributed by atoms with van der Waals surface area (Å²) < 4.78 is 40.8. The van der Waals surface area contributed by atoms with Gasteiger partial charge < -0.3 is 130 Å². The van der Waals surface area contributed by atoms with Gasteiger partial charge in [0.2, 0.25) is 11.9 Å². The van der Waals surface area contributed by atoms with Gasteiger partial charge in [-0.15, -0.1) is 0 Å². The molecular weight excluding hydrogens is 971 g/mol. The van der Waals surface area contributed by atoms with E-state index in [0.29, 0.717) is 0 Å². The van der Waals surface area contributed by atoms with Crippen LogP contribution >= 0.6 is 15.6 Å². The summed E-state index contributed by atoms with van der Waals surface area (Å²) in [5.74, 6) is 0.0927. The van der Waals surface area contributed by atoms with Crippen LogP contribution in [-0.4, -0.2) is 92.9 Å². The number of ether oxygens (including phenoxy) is 2. The Kier molecular flexibility index (Phi) is 14.3. The number of aromatic amines is 2. The zero-order chi connectivity index (χ0) is 35.3. The number of anilines is 6. The molecule has 2 aromatic heterocycles. The van der Waals surface area contributed by atoms with E-state index in [9.17, 15) is 38.3 Å². The summed E-state index contributed by atoms with van der Waals surface area (Å²) in [6, 6.07) is -1.32. The number of nitrogens with two attached hydrogens (primary N) is 2. The minimum atomic E-state index is -5.17. The quantitative estimate of drug-likeness (QED) is 0.0760. The molecule has 0 aromatic carbocycles. The molecule has 30 heteroatoms. The zero-order valence-electron chi connectivity index (χ0n) is 24.5. The molecule has 0 bridgehead atoms. The van der Waals surface area contributed by atoms with Crippen molar-refractivity contribution in [3.8, 4) is 0 Å². The standard InChI is InChI=1S/2C10H14N5O6PS2.Mg.W/c2*11-10-14-7-4(8(16)15-10)12-3-6(24)5(23)2(21-9(3)13-7)1-20-22(17,18)19;;/h2*2-3,9,12,23-24H,1H2,(H2,17,18,19)(H4,11,13,14,15,16);;/q;;+2;/p-8. The van der Waals surface area contributed by atoms with Crippen molar-refractivity contribution in [1.82, 2.24) is 19.9 Å². The van der Waals surface area contributed by atoms with Crippen LogP contribution in [0.25, 0.3) is 0 Å². The Hall–Kier alpha value is -1.49. The molecule has 6 heterocycles. The van der Waals surface area contributed by atoms with Gasteiger partial charge in [-0.3, -0.25) is 19.6 Å². The van der Waals surface area contributed by atoms with Crippen molar-refractivity contribution in [3.05, 3.63) is 40.3 Å². The fraction of sp³-hybridized carbons (Fsp3) is 0.400. The Labute approximate surface area is 333 Å². The third kappa shape index (κ3) is 9.93. The fourth-order valence-corrected chi connectivity index (χ4v) is 6.40. The Morgan fingerprint density at radius 2 is 1.02 bits per heavy atom. The van der Waals surface area contributed by atoms with Crippen LogP contribution in [0.4, 0.5) is 34.9 Å². The smallest absolute Gasteiger partial charge is 0.790 e. The number of phosphoric acid groups is 2. The molecule has 2 aromatic rings. The number of phosphoric ester groups is 2. The topological polar surface area (TPSA) is 355 Å². The summed E-state index contributed by atoms with van der Waals surface area (Å²) in [5.41, 5.74) is 10.2. The minimum Gasteiger partial charge on any atom is -0.790 e. The summed E-state index contributed by atoms with van der Waals surface area (Å²) in [6.45, 7) is -1.18. The molecule has 6 atom stereocenters. The van der Waals surface area contributed by atoms with Crippen molar-refractivity contribution in [2.24, 2.45) is 0 Å². The van der Waals surface area contributed by atoms with Crippen LogP contribution in [0.5, 0.6) is 0 Å². The molecule has 0 amide bonds. The van der Waals surface area contributed by atoms with E-state index >= 15 is 0 Å². The predicted octanol–water partition coefficient (Wildman–Crippen LogP) is -5.52. The fourth-order valence-electron chi connectivity index (χ4n) is 4.64. The molecule has 10 N–H and O–H groups in total. The second-order valence-electron chi connectivity index (χ2n) is 9.92. The molecule has 6 rings (SSSR count). The summed E-state index contributed by atoms with van der Waals surface area (Å²) in [5, 5.41) is 11.4. The van der Waals surface area contributed by atoms with Crippen molar-refractivity contribution in [2.45, 2.75) is 36.7 Å². The van der Waals surface area contributed by atoms with Crippen molar-refractivity contribution in [2.75, 3.05) is 45.9 Å². The number of fused-ring (bicyclic) bond motifs is 4. The molecule has 0 spiro atoms. The van der Waals surface area contributed by atoms with Crippen molar-refractivity contribution >= 4 is 124 Å². The summed E-state index contributed by atoms with van der Waals surface area (Å²) in [6.07, 6.45) is -3.64. The van der Waals surface area contributed by atoms with Gasteiger partial charge in [0.25, 0.3) is 11.1 Å². The van der Waals surface area contributed by atoms with E-state index in [1.165, 1.54) is 0 Å². The molecule has 50 heavy (non-hydrogen) atoms.